The molecule has 0 spiro atoms. The maximum absolute atomic E-state index is 12.8. The monoisotopic (exact) mass is 316 g/mol. The molecule has 0 atom stereocenters. The number of benzene rings is 1. The lowest BCUT2D eigenvalue weighted by molar-refractivity contribution is -0.137. The van der Waals surface area contributed by atoms with Crippen LogP contribution in [0.1, 0.15) is 57.1 Å². The topological polar surface area (TPSA) is 26.3 Å². The minimum absolute atomic E-state index is 0.158. The van der Waals surface area contributed by atoms with Crippen molar-refractivity contribution >= 4 is 5.78 Å². The maximum Gasteiger partial charge on any atom is 0.416 e. The number of halogens is 3. The molecule has 2 nitrogen and oxygen atoms in total. The zero-order chi connectivity index (χ0) is 16.6. The van der Waals surface area contributed by atoms with Crippen molar-refractivity contribution in [3.63, 3.8) is 0 Å². The highest BCUT2D eigenvalue weighted by Crippen LogP contribution is 2.33. The van der Waals surface area contributed by atoms with Gasteiger partial charge in [-0.05, 0) is 49.4 Å². The molecule has 0 fully saturated rings. The van der Waals surface area contributed by atoms with E-state index in [0.29, 0.717) is 43.6 Å². The molecule has 0 heterocycles. The fourth-order valence-electron chi connectivity index (χ4n) is 2.18. The molecular weight excluding hydrogens is 293 g/mol. The molecule has 0 unspecified atom stereocenters. The van der Waals surface area contributed by atoms with Gasteiger partial charge in [-0.1, -0.05) is 13.8 Å². The van der Waals surface area contributed by atoms with Gasteiger partial charge in [0.1, 0.15) is 11.5 Å². The number of ether oxygens (including phenoxy) is 1. The van der Waals surface area contributed by atoms with E-state index < -0.39 is 11.7 Å². The molecule has 0 aromatic heterocycles. The van der Waals surface area contributed by atoms with Crippen molar-refractivity contribution in [1.29, 1.82) is 0 Å². The largest absolute Gasteiger partial charge is 0.493 e. The van der Waals surface area contributed by atoms with E-state index in [1.165, 1.54) is 6.07 Å². The normalized spacial score (nSPS) is 11.5. The van der Waals surface area contributed by atoms with Crippen LogP contribution < -0.4 is 4.74 Å². The lowest BCUT2D eigenvalue weighted by atomic mass is 10.0. The van der Waals surface area contributed by atoms with Crippen molar-refractivity contribution in [3.8, 4) is 5.75 Å². The Morgan fingerprint density at radius 1 is 1.14 bits per heavy atom. The Kier molecular flexibility index (Phi) is 7.42. The Morgan fingerprint density at radius 3 is 2.45 bits per heavy atom. The summed E-state index contributed by atoms with van der Waals surface area (Å²) >= 11 is 0. The number of carbonyl (C=O) groups is 1. The standard InChI is InChI=1S/C17H23F3O2/c1-3-6-15(21)8-5-7-13-12-14(17(18,19)20)9-10-16(13)22-11-4-2/h9-10,12H,3-8,11H2,1-2H3. The molecular formula is C17H23F3O2. The van der Waals surface area contributed by atoms with Crippen LogP contribution in [0.2, 0.25) is 0 Å². The van der Waals surface area contributed by atoms with Gasteiger partial charge < -0.3 is 4.74 Å². The Labute approximate surface area is 129 Å². The van der Waals surface area contributed by atoms with Crippen LogP contribution >= 0.6 is 0 Å². The first kappa shape index (κ1) is 18.5. The molecule has 22 heavy (non-hydrogen) atoms. The van der Waals surface area contributed by atoms with Crippen molar-refractivity contribution in [1.82, 2.24) is 0 Å². The minimum Gasteiger partial charge on any atom is -0.493 e. The van der Waals surface area contributed by atoms with Crippen LogP contribution in [0, 0.1) is 0 Å². The summed E-state index contributed by atoms with van der Waals surface area (Å²) in [6.45, 7) is 4.34. The summed E-state index contributed by atoms with van der Waals surface area (Å²) < 4.78 is 43.9. The third kappa shape index (κ3) is 6.08. The highest BCUT2D eigenvalue weighted by Gasteiger charge is 2.31. The fourth-order valence-corrected chi connectivity index (χ4v) is 2.18. The molecule has 1 rings (SSSR count). The first-order valence-electron chi connectivity index (χ1n) is 7.73. The van der Waals surface area contributed by atoms with Gasteiger partial charge in [0.2, 0.25) is 0 Å². The quantitative estimate of drug-likeness (QED) is 0.627. The molecule has 0 aliphatic rings. The van der Waals surface area contributed by atoms with E-state index in [1.54, 1.807) is 0 Å². The molecule has 0 saturated heterocycles. The summed E-state index contributed by atoms with van der Waals surface area (Å²) in [4.78, 5) is 11.5. The van der Waals surface area contributed by atoms with Crippen LogP contribution in [0.25, 0.3) is 0 Å². The van der Waals surface area contributed by atoms with Gasteiger partial charge in [0.25, 0.3) is 0 Å². The second kappa shape index (κ2) is 8.81. The van der Waals surface area contributed by atoms with Crippen molar-refractivity contribution in [2.45, 2.75) is 58.5 Å². The molecule has 1 aromatic carbocycles. The summed E-state index contributed by atoms with van der Waals surface area (Å²) in [6, 6.07) is 3.55. The number of Topliss-reactive ketones (excluding diaryl/α,β-unsaturated/α-hetero) is 1. The first-order valence-corrected chi connectivity index (χ1v) is 7.73. The summed E-state index contributed by atoms with van der Waals surface area (Å²) in [7, 11) is 0. The third-order valence-electron chi connectivity index (χ3n) is 3.28. The highest BCUT2D eigenvalue weighted by molar-refractivity contribution is 5.78. The number of hydrogen-bond acceptors (Lipinski definition) is 2. The lowest BCUT2D eigenvalue weighted by Gasteiger charge is -2.14. The van der Waals surface area contributed by atoms with E-state index >= 15 is 0 Å². The number of alkyl halides is 3. The average Bonchev–Trinajstić information content (AvgIpc) is 2.45. The Morgan fingerprint density at radius 2 is 1.86 bits per heavy atom. The van der Waals surface area contributed by atoms with Crippen LogP contribution in [0.5, 0.6) is 5.75 Å². The summed E-state index contributed by atoms with van der Waals surface area (Å²) in [5.74, 6) is 0.642. The number of aryl methyl sites for hydroxylation is 1. The van der Waals surface area contributed by atoms with Crippen molar-refractivity contribution < 1.29 is 22.7 Å². The van der Waals surface area contributed by atoms with Crippen molar-refractivity contribution in [2.24, 2.45) is 0 Å². The predicted octanol–water partition coefficient (Wildman–Crippen LogP) is 5.19. The summed E-state index contributed by atoms with van der Waals surface area (Å²) in [5.41, 5.74) is -0.154. The highest BCUT2D eigenvalue weighted by atomic mass is 19.4. The summed E-state index contributed by atoms with van der Waals surface area (Å²) in [5, 5.41) is 0. The number of carbonyl (C=O) groups excluding carboxylic acids is 1. The van der Waals surface area contributed by atoms with E-state index in [-0.39, 0.29) is 5.78 Å². The molecule has 0 amide bonds. The minimum atomic E-state index is -4.37. The zero-order valence-corrected chi connectivity index (χ0v) is 13.1. The Hall–Kier alpha value is -1.52. The van der Waals surface area contributed by atoms with Crippen molar-refractivity contribution in [3.05, 3.63) is 29.3 Å². The van der Waals surface area contributed by atoms with Crippen LogP contribution in [-0.4, -0.2) is 12.4 Å². The third-order valence-corrected chi connectivity index (χ3v) is 3.28. The molecule has 0 radical (unpaired) electrons. The fraction of sp³-hybridized carbons (Fsp3) is 0.588. The number of rotatable bonds is 9. The maximum atomic E-state index is 12.8. The molecule has 0 N–H and O–H groups in total. The second-order valence-electron chi connectivity index (χ2n) is 5.31. The molecule has 5 heteroatoms. The number of hydrogen-bond donors (Lipinski definition) is 0. The van der Waals surface area contributed by atoms with E-state index in [1.807, 2.05) is 13.8 Å². The van der Waals surface area contributed by atoms with Gasteiger partial charge in [-0.3, -0.25) is 4.79 Å². The van der Waals surface area contributed by atoms with E-state index in [2.05, 4.69) is 0 Å². The molecule has 124 valence electrons. The lowest BCUT2D eigenvalue weighted by Crippen LogP contribution is -2.07. The van der Waals surface area contributed by atoms with E-state index in [4.69, 9.17) is 4.74 Å². The van der Waals surface area contributed by atoms with Gasteiger partial charge in [-0.15, -0.1) is 0 Å². The van der Waals surface area contributed by atoms with Crippen molar-refractivity contribution in [2.75, 3.05) is 6.61 Å². The van der Waals surface area contributed by atoms with Gasteiger partial charge in [0.15, 0.2) is 0 Å². The zero-order valence-electron chi connectivity index (χ0n) is 13.1. The van der Waals surface area contributed by atoms with Crippen LogP contribution in [0.4, 0.5) is 13.2 Å². The molecule has 0 bridgehead atoms. The first-order chi connectivity index (χ1) is 10.4. The van der Waals surface area contributed by atoms with Gasteiger partial charge in [0, 0.05) is 12.8 Å². The molecule has 0 saturated carbocycles. The van der Waals surface area contributed by atoms with Gasteiger partial charge in [-0.2, -0.15) is 13.2 Å². The van der Waals surface area contributed by atoms with Gasteiger partial charge in [0.05, 0.1) is 12.2 Å². The summed E-state index contributed by atoms with van der Waals surface area (Å²) in [6.07, 6.45) is -0.890. The van der Waals surface area contributed by atoms with Crippen LogP contribution in [-0.2, 0) is 17.4 Å². The number of ketones is 1. The molecule has 0 aliphatic carbocycles. The second-order valence-corrected chi connectivity index (χ2v) is 5.31. The van der Waals surface area contributed by atoms with Crippen LogP contribution in [0.15, 0.2) is 18.2 Å². The van der Waals surface area contributed by atoms with E-state index in [0.717, 1.165) is 25.0 Å². The smallest absolute Gasteiger partial charge is 0.416 e. The van der Waals surface area contributed by atoms with E-state index in [9.17, 15) is 18.0 Å². The SMILES string of the molecule is CCCOc1ccc(C(F)(F)F)cc1CCCC(=O)CCC. The van der Waals surface area contributed by atoms with Gasteiger partial charge in [-0.25, -0.2) is 0 Å². The Balaban J connectivity index is 2.80. The predicted molar refractivity (Wildman–Crippen MR) is 80.1 cm³/mol. The van der Waals surface area contributed by atoms with Crippen LogP contribution in [0.3, 0.4) is 0 Å². The molecule has 0 aliphatic heterocycles. The average molecular weight is 316 g/mol. The molecule has 1 aromatic rings. The van der Waals surface area contributed by atoms with Gasteiger partial charge >= 0.3 is 6.18 Å². The Bertz CT molecular complexity index is 481.